The highest BCUT2D eigenvalue weighted by Gasteiger charge is 2.38. The van der Waals surface area contributed by atoms with Crippen molar-refractivity contribution in [2.45, 2.75) is 31.2 Å². The lowest BCUT2D eigenvalue weighted by molar-refractivity contribution is 0.125. The van der Waals surface area contributed by atoms with Gasteiger partial charge in [-0.15, -0.1) is 0 Å². The number of nitrogens with zero attached hydrogens (tertiary/aromatic N) is 1. The second-order valence-electron chi connectivity index (χ2n) is 4.90. The van der Waals surface area contributed by atoms with Gasteiger partial charge in [-0.2, -0.15) is 0 Å². The number of nitrogen functional groups attached to an aromatic ring is 1. The SMILES string of the molecule is CC1OCCC1S(=O)(=O)N(C)Cc1ccccc1N. The average Bonchev–Trinajstić information content (AvgIpc) is 2.79. The predicted molar refractivity (Wildman–Crippen MR) is 75.1 cm³/mol. The van der Waals surface area contributed by atoms with Crippen LogP contribution >= 0.6 is 0 Å². The van der Waals surface area contributed by atoms with Crippen molar-refractivity contribution in [3.05, 3.63) is 29.8 Å². The molecular weight excluding hydrogens is 264 g/mol. The first-order valence-electron chi connectivity index (χ1n) is 6.33. The van der Waals surface area contributed by atoms with E-state index in [9.17, 15) is 8.42 Å². The molecule has 0 spiro atoms. The lowest BCUT2D eigenvalue weighted by Crippen LogP contribution is -2.39. The van der Waals surface area contributed by atoms with Crippen molar-refractivity contribution in [2.75, 3.05) is 19.4 Å². The summed E-state index contributed by atoms with van der Waals surface area (Å²) in [6.45, 7) is 2.60. The second-order valence-corrected chi connectivity index (χ2v) is 7.16. The van der Waals surface area contributed by atoms with E-state index in [-0.39, 0.29) is 12.6 Å². The van der Waals surface area contributed by atoms with Crippen LogP contribution in [0.4, 0.5) is 5.69 Å². The van der Waals surface area contributed by atoms with Crippen molar-refractivity contribution in [3.8, 4) is 0 Å². The number of benzene rings is 1. The maximum atomic E-state index is 12.5. The van der Waals surface area contributed by atoms with E-state index >= 15 is 0 Å². The zero-order valence-corrected chi connectivity index (χ0v) is 12.1. The molecule has 1 aromatic carbocycles. The number of rotatable bonds is 4. The molecule has 1 aliphatic heterocycles. The van der Waals surface area contributed by atoms with Crippen LogP contribution in [0.25, 0.3) is 0 Å². The standard InChI is InChI=1S/C13H20N2O3S/c1-10-13(7-8-18-10)19(16,17)15(2)9-11-5-3-4-6-12(11)14/h3-6,10,13H,7-9,14H2,1-2H3. The summed E-state index contributed by atoms with van der Waals surface area (Å²) in [7, 11) is -1.76. The number of anilines is 1. The number of ether oxygens (including phenoxy) is 1. The van der Waals surface area contributed by atoms with Crippen molar-refractivity contribution >= 4 is 15.7 Å². The van der Waals surface area contributed by atoms with Gasteiger partial charge in [0, 0.05) is 25.9 Å². The quantitative estimate of drug-likeness (QED) is 0.843. The predicted octanol–water partition coefficient (Wildman–Crippen LogP) is 1.21. The molecule has 2 unspecified atom stereocenters. The lowest BCUT2D eigenvalue weighted by atomic mass is 10.2. The molecule has 5 nitrogen and oxygen atoms in total. The summed E-state index contributed by atoms with van der Waals surface area (Å²) in [6.07, 6.45) is 0.304. The third kappa shape index (κ3) is 2.91. The third-order valence-electron chi connectivity index (χ3n) is 3.57. The molecule has 2 atom stereocenters. The smallest absolute Gasteiger partial charge is 0.219 e. The van der Waals surface area contributed by atoms with Crippen molar-refractivity contribution in [1.82, 2.24) is 4.31 Å². The summed E-state index contributed by atoms with van der Waals surface area (Å²) in [5.41, 5.74) is 7.28. The number of nitrogens with two attached hydrogens (primary N) is 1. The van der Waals surface area contributed by atoms with Crippen LogP contribution in [0.15, 0.2) is 24.3 Å². The van der Waals surface area contributed by atoms with E-state index in [2.05, 4.69) is 0 Å². The van der Waals surface area contributed by atoms with Gasteiger partial charge >= 0.3 is 0 Å². The van der Waals surface area contributed by atoms with Crippen molar-refractivity contribution in [2.24, 2.45) is 0 Å². The van der Waals surface area contributed by atoms with E-state index in [0.29, 0.717) is 18.7 Å². The van der Waals surface area contributed by atoms with Gasteiger partial charge in [0.05, 0.1) is 6.10 Å². The van der Waals surface area contributed by atoms with Gasteiger partial charge in [-0.1, -0.05) is 18.2 Å². The normalized spacial score (nSPS) is 23.9. The second kappa shape index (κ2) is 5.48. The van der Waals surface area contributed by atoms with Gasteiger partial charge in [0.15, 0.2) is 0 Å². The fraction of sp³-hybridized carbons (Fsp3) is 0.538. The summed E-state index contributed by atoms with van der Waals surface area (Å²) < 4.78 is 31.6. The Morgan fingerprint density at radius 3 is 2.68 bits per heavy atom. The Morgan fingerprint density at radius 2 is 2.11 bits per heavy atom. The van der Waals surface area contributed by atoms with Crippen LogP contribution in [0, 0.1) is 0 Å². The Labute approximate surface area is 114 Å². The molecule has 2 rings (SSSR count). The Bertz CT molecular complexity index is 545. The topological polar surface area (TPSA) is 72.6 Å². The lowest BCUT2D eigenvalue weighted by Gasteiger charge is -2.23. The Kier molecular flexibility index (Phi) is 4.13. The van der Waals surface area contributed by atoms with Gasteiger partial charge in [-0.3, -0.25) is 0 Å². The number of sulfonamides is 1. The van der Waals surface area contributed by atoms with E-state index in [0.717, 1.165) is 5.56 Å². The minimum atomic E-state index is -3.35. The minimum Gasteiger partial charge on any atom is -0.398 e. The zero-order valence-electron chi connectivity index (χ0n) is 11.2. The first kappa shape index (κ1) is 14.3. The molecule has 2 N–H and O–H groups in total. The van der Waals surface area contributed by atoms with Gasteiger partial charge in [-0.05, 0) is 25.0 Å². The van der Waals surface area contributed by atoms with Crippen molar-refractivity contribution in [3.63, 3.8) is 0 Å². The largest absolute Gasteiger partial charge is 0.398 e. The van der Waals surface area contributed by atoms with E-state index in [1.807, 2.05) is 18.2 Å². The molecule has 1 aliphatic rings. The van der Waals surface area contributed by atoms with Crippen molar-refractivity contribution < 1.29 is 13.2 Å². The van der Waals surface area contributed by atoms with Gasteiger partial charge < -0.3 is 10.5 Å². The Hall–Kier alpha value is -1.11. The molecule has 0 amide bonds. The molecule has 1 saturated heterocycles. The third-order valence-corrected chi connectivity index (χ3v) is 5.95. The Balaban J connectivity index is 2.15. The monoisotopic (exact) mass is 284 g/mol. The zero-order chi connectivity index (χ0) is 14.0. The summed E-state index contributed by atoms with van der Waals surface area (Å²) in [5, 5.41) is -0.456. The number of para-hydroxylation sites is 1. The maximum Gasteiger partial charge on any atom is 0.219 e. The molecule has 1 heterocycles. The summed E-state index contributed by atoms with van der Waals surface area (Å²) in [6, 6.07) is 7.31. The van der Waals surface area contributed by atoms with E-state index < -0.39 is 15.3 Å². The highest BCUT2D eigenvalue weighted by molar-refractivity contribution is 7.89. The minimum absolute atomic E-state index is 0.249. The summed E-state index contributed by atoms with van der Waals surface area (Å²) in [4.78, 5) is 0. The molecule has 0 bridgehead atoms. The molecule has 0 aromatic heterocycles. The Morgan fingerprint density at radius 1 is 1.42 bits per heavy atom. The molecule has 1 aromatic rings. The number of hydrogen-bond acceptors (Lipinski definition) is 4. The highest BCUT2D eigenvalue weighted by Crippen LogP contribution is 2.25. The molecule has 6 heteroatoms. The molecule has 19 heavy (non-hydrogen) atoms. The number of hydrogen-bond donors (Lipinski definition) is 1. The molecule has 0 radical (unpaired) electrons. The van der Waals surface area contributed by atoms with Crippen LogP contribution in [-0.2, 0) is 21.3 Å². The van der Waals surface area contributed by atoms with Gasteiger partial charge in [-0.25, -0.2) is 12.7 Å². The molecular formula is C13H20N2O3S. The summed E-state index contributed by atoms with van der Waals surface area (Å²) >= 11 is 0. The van der Waals surface area contributed by atoms with Gasteiger partial charge in [0.25, 0.3) is 0 Å². The average molecular weight is 284 g/mol. The van der Waals surface area contributed by atoms with Crippen LogP contribution in [-0.4, -0.2) is 37.7 Å². The fourth-order valence-electron chi connectivity index (χ4n) is 2.34. The van der Waals surface area contributed by atoms with Gasteiger partial charge in [0.1, 0.15) is 5.25 Å². The maximum absolute atomic E-state index is 12.5. The van der Waals surface area contributed by atoms with Gasteiger partial charge in [0.2, 0.25) is 10.0 Å². The van der Waals surface area contributed by atoms with Crippen LogP contribution in [0.3, 0.4) is 0 Å². The molecule has 106 valence electrons. The van der Waals surface area contributed by atoms with E-state index in [1.54, 1.807) is 20.0 Å². The van der Waals surface area contributed by atoms with Crippen LogP contribution in [0.2, 0.25) is 0 Å². The summed E-state index contributed by atoms with van der Waals surface area (Å²) in [5.74, 6) is 0. The molecule has 0 aliphatic carbocycles. The van der Waals surface area contributed by atoms with Crippen LogP contribution in [0.1, 0.15) is 18.9 Å². The van der Waals surface area contributed by atoms with Crippen LogP contribution in [0.5, 0.6) is 0 Å². The van der Waals surface area contributed by atoms with E-state index in [4.69, 9.17) is 10.5 Å². The fourth-order valence-corrected chi connectivity index (χ4v) is 4.08. The first-order chi connectivity index (χ1) is 8.93. The molecule has 0 saturated carbocycles. The van der Waals surface area contributed by atoms with Crippen LogP contribution < -0.4 is 5.73 Å². The van der Waals surface area contributed by atoms with E-state index in [1.165, 1.54) is 4.31 Å². The first-order valence-corrected chi connectivity index (χ1v) is 7.83. The molecule has 1 fully saturated rings. The van der Waals surface area contributed by atoms with Crippen molar-refractivity contribution in [1.29, 1.82) is 0 Å². The highest BCUT2D eigenvalue weighted by atomic mass is 32.2.